The number of sulfonamides is 1. The van der Waals surface area contributed by atoms with Crippen molar-refractivity contribution in [2.75, 3.05) is 16.6 Å². The van der Waals surface area contributed by atoms with Crippen molar-refractivity contribution in [2.24, 2.45) is 0 Å². The monoisotopic (exact) mass is 356 g/mol. The fraction of sp³-hybridized carbons (Fsp3) is 0.400. The standard InChI is InChI=1S/C20H24N2O2S/c1-15-5-8-17(9-6-15)25(23,24)22-14-20(11-3-2-4-12-20)18-13-16(21)7-10-19(18)22/h5-10,13H,2-4,11-12,14,21H2,1H3. The lowest BCUT2D eigenvalue weighted by Crippen LogP contribution is -2.38. The molecule has 0 bridgehead atoms. The Morgan fingerprint density at radius 1 is 1.00 bits per heavy atom. The van der Waals surface area contributed by atoms with Gasteiger partial charge in [-0.25, -0.2) is 8.42 Å². The molecule has 2 aliphatic rings. The molecule has 25 heavy (non-hydrogen) atoms. The minimum Gasteiger partial charge on any atom is -0.399 e. The molecule has 0 saturated heterocycles. The van der Waals surface area contributed by atoms with E-state index in [1.54, 1.807) is 22.5 Å². The van der Waals surface area contributed by atoms with Gasteiger partial charge < -0.3 is 5.73 Å². The Morgan fingerprint density at radius 2 is 1.68 bits per heavy atom. The molecule has 0 amide bonds. The summed E-state index contributed by atoms with van der Waals surface area (Å²) in [6.45, 7) is 2.49. The Bertz CT molecular complexity index is 898. The summed E-state index contributed by atoms with van der Waals surface area (Å²) in [5.41, 5.74) is 9.63. The minimum absolute atomic E-state index is 0.0826. The molecule has 4 rings (SSSR count). The second-order valence-corrected chi connectivity index (χ2v) is 9.30. The van der Waals surface area contributed by atoms with E-state index in [-0.39, 0.29) is 5.41 Å². The van der Waals surface area contributed by atoms with E-state index < -0.39 is 10.0 Å². The maximum atomic E-state index is 13.3. The molecule has 132 valence electrons. The van der Waals surface area contributed by atoms with Gasteiger partial charge >= 0.3 is 0 Å². The first-order valence-corrected chi connectivity index (χ1v) is 10.4. The minimum atomic E-state index is -3.56. The molecular weight excluding hydrogens is 332 g/mol. The van der Waals surface area contributed by atoms with E-state index in [9.17, 15) is 8.42 Å². The van der Waals surface area contributed by atoms with Crippen molar-refractivity contribution in [3.05, 3.63) is 53.6 Å². The molecule has 2 aromatic rings. The number of aryl methyl sites for hydroxylation is 1. The van der Waals surface area contributed by atoms with Crippen molar-refractivity contribution in [3.8, 4) is 0 Å². The SMILES string of the molecule is Cc1ccc(S(=O)(=O)N2CC3(CCCCC3)c3cc(N)ccc32)cc1. The maximum Gasteiger partial charge on any atom is 0.264 e. The normalized spacial score (nSPS) is 19.2. The lowest BCUT2D eigenvalue weighted by Gasteiger charge is -2.34. The van der Waals surface area contributed by atoms with Crippen LogP contribution in [-0.2, 0) is 15.4 Å². The van der Waals surface area contributed by atoms with Crippen molar-refractivity contribution in [3.63, 3.8) is 0 Å². The second-order valence-electron chi connectivity index (χ2n) is 7.44. The molecule has 0 aromatic heterocycles. The summed E-state index contributed by atoms with van der Waals surface area (Å²) in [6.07, 6.45) is 5.58. The zero-order chi connectivity index (χ0) is 17.7. The molecule has 1 saturated carbocycles. The molecule has 2 N–H and O–H groups in total. The van der Waals surface area contributed by atoms with Crippen molar-refractivity contribution in [1.29, 1.82) is 0 Å². The molecule has 5 heteroatoms. The molecule has 0 radical (unpaired) electrons. The van der Waals surface area contributed by atoms with Crippen LogP contribution in [0.1, 0.15) is 43.2 Å². The van der Waals surface area contributed by atoms with Crippen LogP contribution < -0.4 is 10.0 Å². The molecule has 1 heterocycles. The Hall–Kier alpha value is -2.01. The molecule has 1 aliphatic carbocycles. The van der Waals surface area contributed by atoms with Gasteiger partial charge in [0.1, 0.15) is 0 Å². The van der Waals surface area contributed by atoms with Crippen molar-refractivity contribution in [1.82, 2.24) is 0 Å². The van der Waals surface area contributed by atoms with Gasteiger partial charge in [-0.15, -0.1) is 0 Å². The van der Waals surface area contributed by atoms with E-state index in [1.807, 2.05) is 31.2 Å². The zero-order valence-corrected chi connectivity index (χ0v) is 15.3. The predicted molar refractivity (Wildman–Crippen MR) is 101 cm³/mol. The highest BCUT2D eigenvalue weighted by Crippen LogP contribution is 2.51. The molecule has 0 atom stereocenters. The number of benzene rings is 2. The van der Waals surface area contributed by atoms with Crippen LogP contribution in [0.15, 0.2) is 47.4 Å². The summed E-state index contributed by atoms with van der Waals surface area (Å²) < 4.78 is 28.2. The van der Waals surface area contributed by atoms with Crippen molar-refractivity contribution >= 4 is 21.4 Å². The van der Waals surface area contributed by atoms with Gasteiger partial charge in [-0.2, -0.15) is 0 Å². The highest BCUT2D eigenvalue weighted by atomic mass is 32.2. The summed E-state index contributed by atoms with van der Waals surface area (Å²) in [4.78, 5) is 0.355. The first kappa shape index (κ1) is 16.5. The number of anilines is 2. The summed E-state index contributed by atoms with van der Waals surface area (Å²) in [5.74, 6) is 0. The van der Waals surface area contributed by atoms with Gasteiger partial charge in [-0.1, -0.05) is 37.0 Å². The van der Waals surface area contributed by atoms with Gasteiger partial charge in [-0.05, 0) is 55.7 Å². The van der Waals surface area contributed by atoms with Gasteiger partial charge in [0, 0.05) is 17.6 Å². The van der Waals surface area contributed by atoms with Gasteiger partial charge in [-0.3, -0.25) is 4.31 Å². The fourth-order valence-electron chi connectivity index (χ4n) is 4.35. The molecule has 1 spiro atoms. The Morgan fingerprint density at radius 3 is 2.36 bits per heavy atom. The largest absolute Gasteiger partial charge is 0.399 e. The van der Waals surface area contributed by atoms with Gasteiger partial charge in [0.25, 0.3) is 10.0 Å². The average molecular weight is 356 g/mol. The average Bonchev–Trinajstić information content (AvgIpc) is 2.90. The highest BCUT2D eigenvalue weighted by molar-refractivity contribution is 7.92. The number of rotatable bonds is 2. The van der Waals surface area contributed by atoms with Crippen LogP contribution in [0.25, 0.3) is 0 Å². The highest BCUT2D eigenvalue weighted by Gasteiger charge is 2.47. The van der Waals surface area contributed by atoms with Gasteiger partial charge in [0.2, 0.25) is 0 Å². The Balaban J connectivity index is 1.83. The van der Waals surface area contributed by atoms with Gasteiger partial charge in [0.15, 0.2) is 0 Å². The van der Waals surface area contributed by atoms with E-state index in [0.29, 0.717) is 17.1 Å². The second kappa shape index (κ2) is 5.77. The lowest BCUT2D eigenvalue weighted by molar-refractivity contribution is 0.315. The van der Waals surface area contributed by atoms with E-state index in [4.69, 9.17) is 5.73 Å². The molecular formula is C20H24N2O2S. The number of hydrogen-bond acceptors (Lipinski definition) is 3. The van der Waals surface area contributed by atoms with Crippen LogP contribution in [0.3, 0.4) is 0 Å². The van der Waals surface area contributed by atoms with Crippen LogP contribution in [0, 0.1) is 6.92 Å². The third kappa shape index (κ3) is 2.61. The van der Waals surface area contributed by atoms with E-state index >= 15 is 0 Å². The summed E-state index contributed by atoms with van der Waals surface area (Å²) in [7, 11) is -3.56. The third-order valence-corrected chi connectivity index (χ3v) is 7.50. The fourth-order valence-corrected chi connectivity index (χ4v) is 5.92. The van der Waals surface area contributed by atoms with Crippen LogP contribution in [-0.4, -0.2) is 15.0 Å². The number of nitrogens with two attached hydrogens (primary N) is 1. The summed E-state index contributed by atoms with van der Waals surface area (Å²) in [6, 6.07) is 12.8. The first-order chi connectivity index (χ1) is 11.9. The number of fused-ring (bicyclic) bond motifs is 2. The third-order valence-electron chi connectivity index (χ3n) is 5.73. The summed E-state index contributed by atoms with van der Waals surface area (Å²) >= 11 is 0. The topological polar surface area (TPSA) is 63.4 Å². The smallest absolute Gasteiger partial charge is 0.264 e. The molecule has 0 unspecified atom stereocenters. The van der Waals surface area contributed by atoms with Crippen LogP contribution in [0.2, 0.25) is 0 Å². The Labute approximate surface area is 149 Å². The van der Waals surface area contributed by atoms with Crippen LogP contribution >= 0.6 is 0 Å². The van der Waals surface area contributed by atoms with Crippen LogP contribution in [0.4, 0.5) is 11.4 Å². The zero-order valence-electron chi connectivity index (χ0n) is 14.5. The quantitative estimate of drug-likeness (QED) is 0.828. The number of nitrogen functional groups attached to an aromatic ring is 1. The maximum absolute atomic E-state index is 13.3. The van der Waals surface area contributed by atoms with Gasteiger partial charge in [0.05, 0.1) is 10.6 Å². The number of hydrogen-bond donors (Lipinski definition) is 1. The Kier molecular flexibility index (Phi) is 3.80. The number of nitrogens with zero attached hydrogens (tertiary/aromatic N) is 1. The predicted octanol–water partition coefficient (Wildman–Crippen LogP) is 3.99. The van der Waals surface area contributed by atoms with E-state index in [1.165, 1.54) is 6.42 Å². The lowest BCUT2D eigenvalue weighted by atomic mass is 9.71. The summed E-state index contributed by atoms with van der Waals surface area (Å²) in [5, 5.41) is 0. The molecule has 4 nitrogen and oxygen atoms in total. The van der Waals surface area contributed by atoms with Crippen LogP contribution in [0.5, 0.6) is 0 Å². The molecule has 2 aromatic carbocycles. The first-order valence-electron chi connectivity index (χ1n) is 8.92. The van der Waals surface area contributed by atoms with E-state index in [0.717, 1.165) is 42.5 Å². The van der Waals surface area contributed by atoms with Crippen molar-refractivity contribution in [2.45, 2.75) is 49.3 Å². The van der Waals surface area contributed by atoms with E-state index in [2.05, 4.69) is 0 Å². The molecule has 1 aliphatic heterocycles. The van der Waals surface area contributed by atoms with Crippen molar-refractivity contribution < 1.29 is 8.42 Å². The molecule has 1 fully saturated rings.